The van der Waals surface area contributed by atoms with Crippen LogP contribution in [-0.2, 0) is 31.0 Å². The maximum Gasteiger partial charge on any atom is 0.514 e. The molecule has 0 bridgehead atoms. The van der Waals surface area contributed by atoms with Crippen LogP contribution >= 0.6 is 0 Å². The summed E-state index contributed by atoms with van der Waals surface area (Å²) in [4.78, 5) is 59.3. The Morgan fingerprint density at radius 1 is 0.907 bits per heavy atom. The minimum absolute atomic E-state index is 0. The van der Waals surface area contributed by atoms with Gasteiger partial charge in [-0.1, -0.05) is 54.6 Å². The quantitative estimate of drug-likeness (QED) is 0.0226. The molecular formula is C35H33N5NaO12S. The number of nitrogens with zero attached hydrogens (tertiary/aromatic N) is 1. The number of nitro groups is 1. The van der Waals surface area contributed by atoms with Gasteiger partial charge in [-0.15, -0.1) is 0 Å². The Morgan fingerprint density at radius 2 is 1.54 bits per heavy atom. The molecule has 1 radical (unpaired) electrons. The van der Waals surface area contributed by atoms with Gasteiger partial charge in [0, 0.05) is 65.4 Å². The number of urea groups is 1. The van der Waals surface area contributed by atoms with E-state index in [0.29, 0.717) is 0 Å². The fourth-order valence-corrected chi connectivity index (χ4v) is 6.42. The molecule has 277 valence electrons. The zero-order valence-electron chi connectivity index (χ0n) is 28.7. The van der Waals surface area contributed by atoms with Crippen LogP contribution in [0.4, 0.5) is 25.8 Å². The van der Waals surface area contributed by atoms with Crippen molar-refractivity contribution in [1.29, 1.82) is 0 Å². The SMILES string of the molecule is NC(=O)NCCC[C@H](NC(=O)OCC1c2ccccc2-c2ccccc21)C(=O)Nc1ccc(COC(=O)Oc2ccc([N+](=O)[O-])cc2)c(S(=O)(=O)O)c1.[Na]. The van der Waals surface area contributed by atoms with Crippen molar-refractivity contribution in [3.63, 3.8) is 0 Å². The number of non-ortho nitro benzene ring substituents is 1. The molecule has 1 atom stereocenters. The molecule has 4 aromatic rings. The molecule has 5 rings (SSSR count). The Labute approximate surface area is 330 Å². The Balaban J connectivity index is 0.00000650. The molecule has 0 fully saturated rings. The summed E-state index contributed by atoms with van der Waals surface area (Å²) in [7, 11) is -4.92. The number of amides is 4. The van der Waals surface area contributed by atoms with Gasteiger partial charge >= 0.3 is 18.3 Å². The van der Waals surface area contributed by atoms with E-state index in [-0.39, 0.29) is 84.2 Å². The topological polar surface area (TPSA) is 256 Å². The zero-order valence-corrected chi connectivity index (χ0v) is 31.5. The summed E-state index contributed by atoms with van der Waals surface area (Å²) in [5, 5.41) is 18.2. The molecule has 1 aliphatic carbocycles. The van der Waals surface area contributed by atoms with Crippen molar-refractivity contribution in [2.24, 2.45) is 5.73 Å². The first-order valence-electron chi connectivity index (χ1n) is 16.0. The summed E-state index contributed by atoms with van der Waals surface area (Å²) in [6.07, 6.45) is -1.97. The molecule has 1 aliphatic rings. The monoisotopic (exact) mass is 770 g/mol. The zero-order chi connectivity index (χ0) is 38.1. The summed E-state index contributed by atoms with van der Waals surface area (Å²) in [6, 6.07) is 21.4. The largest absolute Gasteiger partial charge is 0.514 e. The van der Waals surface area contributed by atoms with Crippen molar-refractivity contribution in [3.05, 3.63) is 118 Å². The van der Waals surface area contributed by atoms with Crippen LogP contribution in [0.3, 0.4) is 0 Å². The number of benzene rings is 4. The number of anilines is 1. The number of ether oxygens (including phenoxy) is 3. The van der Waals surface area contributed by atoms with E-state index in [2.05, 4.69) is 16.0 Å². The molecule has 17 nitrogen and oxygen atoms in total. The second-order valence-electron chi connectivity index (χ2n) is 11.6. The first-order valence-corrected chi connectivity index (χ1v) is 17.4. The maximum atomic E-state index is 13.4. The van der Waals surface area contributed by atoms with Gasteiger partial charge in [0.15, 0.2) is 0 Å². The number of nitrogens with two attached hydrogens (primary N) is 1. The van der Waals surface area contributed by atoms with E-state index in [9.17, 15) is 42.3 Å². The normalized spacial score (nSPS) is 12.2. The van der Waals surface area contributed by atoms with Crippen LogP contribution in [0.25, 0.3) is 11.1 Å². The van der Waals surface area contributed by atoms with Crippen molar-refractivity contribution < 1.29 is 51.3 Å². The summed E-state index contributed by atoms with van der Waals surface area (Å²) in [6.45, 7) is -0.631. The van der Waals surface area contributed by atoms with Gasteiger partial charge in [0.25, 0.3) is 15.8 Å². The number of nitrogens with one attached hydrogen (secondary N) is 3. The van der Waals surface area contributed by atoms with Crippen LogP contribution in [-0.4, -0.2) is 90.8 Å². The minimum Gasteiger partial charge on any atom is -0.449 e. The number of hydrogen-bond donors (Lipinski definition) is 5. The molecule has 19 heteroatoms. The Kier molecular flexibility index (Phi) is 14.1. The van der Waals surface area contributed by atoms with E-state index >= 15 is 0 Å². The molecule has 0 spiro atoms. The minimum atomic E-state index is -4.92. The van der Waals surface area contributed by atoms with E-state index < -0.39 is 56.8 Å². The van der Waals surface area contributed by atoms with Crippen molar-refractivity contribution in [1.82, 2.24) is 10.6 Å². The van der Waals surface area contributed by atoms with Gasteiger partial charge in [-0.05, 0) is 59.4 Å². The van der Waals surface area contributed by atoms with Gasteiger partial charge in [-0.3, -0.25) is 19.5 Å². The Bertz CT molecular complexity index is 2100. The van der Waals surface area contributed by atoms with Crippen LogP contribution in [0.2, 0.25) is 0 Å². The summed E-state index contributed by atoms with van der Waals surface area (Å²) in [5.41, 5.74) is 8.62. The molecule has 0 aromatic heterocycles. The third-order valence-corrected chi connectivity index (χ3v) is 9.06. The van der Waals surface area contributed by atoms with E-state index in [4.69, 9.17) is 19.9 Å². The number of fused-ring (bicyclic) bond motifs is 3. The van der Waals surface area contributed by atoms with E-state index in [1.54, 1.807) is 0 Å². The summed E-state index contributed by atoms with van der Waals surface area (Å²) in [5.74, 6) is -1.11. The second-order valence-corrected chi connectivity index (χ2v) is 13.0. The summed E-state index contributed by atoms with van der Waals surface area (Å²) >= 11 is 0. The summed E-state index contributed by atoms with van der Waals surface area (Å²) < 4.78 is 49.9. The van der Waals surface area contributed by atoms with E-state index in [0.717, 1.165) is 52.6 Å². The van der Waals surface area contributed by atoms with Gasteiger partial charge in [0.1, 0.15) is 29.9 Å². The smallest absolute Gasteiger partial charge is 0.449 e. The number of rotatable bonds is 14. The molecule has 0 saturated carbocycles. The average Bonchev–Trinajstić information content (AvgIpc) is 3.44. The van der Waals surface area contributed by atoms with Gasteiger partial charge in [0.2, 0.25) is 5.91 Å². The number of primary amides is 1. The molecule has 0 unspecified atom stereocenters. The first-order chi connectivity index (χ1) is 25.3. The molecule has 0 heterocycles. The average molecular weight is 771 g/mol. The van der Waals surface area contributed by atoms with Crippen LogP contribution in [0, 0.1) is 10.1 Å². The number of alkyl carbamates (subject to hydrolysis) is 1. The molecule has 4 aromatic carbocycles. The third-order valence-electron chi connectivity index (χ3n) is 8.13. The molecule has 0 aliphatic heterocycles. The molecule has 4 amide bonds. The van der Waals surface area contributed by atoms with E-state index in [1.165, 1.54) is 12.1 Å². The number of carbonyl (C=O) groups is 4. The molecule has 0 saturated heterocycles. The number of carbonyl (C=O) groups excluding carboxylic acids is 4. The number of hydrogen-bond acceptors (Lipinski definition) is 11. The third kappa shape index (κ3) is 10.8. The fourth-order valence-electron chi connectivity index (χ4n) is 5.69. The first kappa shape index (κ1) is 41.2. The predicted octanol–water partition coefficient (Wildman–Crippen LogP) is 4.47. The van der Waals surface area contributed by atoms with Gasteiger partial charge in [0.05, 0.1) is 4.92 Å². The van der Waals surface area contributed by atoms with Gasteiger partial charge < -0.3 is 35.9 Å². The van der Waals surface area contributed by atoms with Gasteiger partial charge in [-0.25, -0.2) is 14.4 Å². The predicted molar refractivity (Wildman–Crippen MR) is 193 cm³/mol. The van der Waals surface area contributed by atoms with E-state index in [1.807, 2.05) is 48.5 Å². The van der Waals surface area contributed by atoms with Crippen LogP contribution in [0.1, 0.15) is 35.4 Å². The second kappa shape index (κ2) is 18.5. The van der Waals surface area contributed by atoms with Crippen molar-refractivity contribution in [3.8, 4) is 16.9 Å². The molecular weight excluding hydrogens is 737 g/mol. The van der Waals surface area contributed by atoms with Crippen LogP contribution in [0.15, 0.2) is 95.9 Å². The van der Waals surface area contributed by atoms with Crippen LogP contribution < -0.4 is 26.4 Å². The Hall–Kier alpha value is -5.53. The molecule has 54 heavy (non-hydrogen) atoms. The van der Waals surface area contributed by atoms with Crippen molar-refractivity contribution in [2.75, 3.05) is 18.5 Å². The standard InChI is InChI=1S/C35H33N5O12S.Na/c36-33(42)37-17-5-10-30(39-34(43)50-20-29-27-8-3-1-6-25(27)26-7-2-4-9-28(26)29)32(41)38-22-12-11-21(31(18-22)53(47,48)49)19-51-35(44)52-24-15-13-23(14-16-24)40(45)46;/h1-4,6-9,11-16,18,29-30H,5,10,17,19-20H2,(H,38,41)(H,39,43)(H3,36,37,42)(H,47,48,49);/t30-;/m0./s1. The van der Waals surface area contributed by atoms with Crippen molar-refractivity contribution >= 4 is 75.2 Å². The van der Waals surface area contributed by atoms with Crippen LogP contribution in [0.5, 0.6) is 5.75 Å². The molecule has 6 N–H and O–H groups in total. The Morgan fingerprint density at radius 3 is 2.13 bits per heavy atom. The number of nitro benzene ring substituents is 1. The maximum absolute atomic E-state index is 13.4. The fraction of sp³-hybridized carbons (Fsp3) is 0.200. The van der Waals surface area contributed by atoms with Gasteiger partial charge in [-0.2, -0.15) is 8.42 Å². The van der Waals surface area contributed by atoms with Crippen molar-refractivity contribution in [2.45, 2.75) is 36.3 Å².